The molecule has 0 bridgehead atoms. The SMILES string of the molecule is CC(CNC(=O)OC(C)(C)C)NC(=O)c1cc(NC(=O)c2cc(NC(=O)c3cc(N)cn3C)cn2C)cn1C. The summed E-state index contributed by atoms with van der Waals surface area (Å²) >= 11 is 0. The van der Waals surface area contributed by atoms with E-state index in [-0.39, 0.29) is 24.4 Å². The van der Waals surface area contributed by atoms with Gasteiger partial charge in [-0.25, -0.2) is 4.79 Å². The van der Waals surface area contributed by atoms with Gasteiger partial charge in [0.15, 0.2) is 0 Å². The van der Waals surface area contributed by atoms with Gasteiger partial charge >= 0.3 is 6.09 Å². The molecule has 0 aromatic carbocycles. The molecule has 3 heterocycles. The standard InChI is InChI=1S/C26H36N8O5/c1-15(11-28-25(38)39-26(2,3)4)29-22(35)20-9-17(13-33(20)6)31-24(37)21-10-18(14-34(21)7)30-23(36)19-8-16(27)12-32(19)5/h8-10,12-15H,11,27H2,1-7H3,(H,28,38)(H,29,35)(H,30,36)(H,31,37). The van der Waals surface area contributed by atoms with E-state index >= 15 is 0 Å². The Kier molecular flexibility index (Phi) is 8.42. The second kappa shape index (κ2) is 11.4. The molecular formula is C26H36N8O5. The van der Waals surface area contributed by atoms with Crippen LogP contribution in [0.15, 0.2) is 36.8 Å². The van der Waals surface area contributed by atoms with Crippen LogP contribution in [-0.4, -0.2) is 55.7 Å². The van der Waals surface area contributed by atoms with E-state index in [4.69, 9.17) is 10.5 Å². The highest BCUT2D eigenvalue weighted by molar-refractivity contribution is 6.07. The van der Waals surface area contributed by atoms with Crippen molar-refractivity contribution in [1.29, 1.82) is 0 Å². The van der Waals surface area contributed by atoms with Crippen LogP contribution >= 0.6 is 0 Å². The lowest BCUT2D eigenvalue weighted by Gasteiger charge is -2.21. The number of anilines is 3. The lowest BCUT2D eigenvalue weighted by atomic mass is 10.2. The van der Waals surface area contributed by atoms with Gasteiger partial charge in [0.05, 0.1) is 17.1 Å². The Balaban J connectivity index is 1.59. The number of nitrogen functional groups attached to an aromatic ring is 1. The molecule has 0 aliphatic heterocycles. The second-order valence-corrected chi connectivity index (χ2v) is 10.4. The summed E-state index contributed by atoms with van der Waals surface area (Å²) in [6, 6.07) is 4.29. The molecule has 13 heteroatoms. The summed E-state index contributed by atoms with van der Waals surface area (Å²) < 4.78 is 9.97. The molecule has 4 amide bonds. The van der Waals surface area contributed by atoms with Crippen molar-refractivity contribution in [2.45, 2.75) is 39.3 Å². The highest BCUT2D eigenvalue weighted by Crippen LogP contribution is 2.19. The largest absolute Gasteiger partial charge is 0.444 e. The summed E-state index contributed by atoms with van der Waals surface area (Å²) in [5.74, 6) is -1.16. The number of rotatable bonds is 8. The molecule has 3 aromatic heterocycles. The van der Waals surface area contributed by atoms with E-state index in [0.717, 1.165) is 0 Å². The quantitative estimate of drug-likeness (QED) is 0.294. The zero-order valence-corrected chi connectivity index (χ0v) is 23.2. The predicted molar refractivity (Wildman–Crippen MR) is 148 cm³/mol. The van der Waals surface area contributed by atoms with Gasteiger partial charge in [-0.05, 0) is 45.9 Å². The maximum Gasteiger partial charge on any atom is 0.407 e. The van der Waals surface area contributed by atoms with Gasteiger partial charge in [-0.2, -0.15) is 0 Å². The molecule has 39 heavy (non-hydrogen) atoms. The first-order valence-electron chi connectivity index (χ1n) is 12.3. The van der Waals surface area contributed by atoms with Crippen molar-refractivity contribution in [3.8, 4) is 0 Å². The molecule has 210 valence electrons. The Bertz CT molecular complexity index is 1390. The van der Waals surface area contributed by atoms with Gasteiger partial charge in [0.1, 0.15) is 22.7 Å². The van der Waals surface area contributed by atoms with Gasteiger partial charge in [-0.15, -0.1) is 0 Å². The molecule has 0 spiro atoms. The Hall–Kier alpha value is -4.68. The van der Waals surface area contributed by atoms with E-state index in [0.29, 0.717) is 34.1 Å². The third-order valence-corrected chi connectivity index (χ3v) is 5.58. The summed E-state index contributed by atoms with van der Waals surface area (Å²) in [5.41, 5.74) is 7.45. The number of amides is 4. The lowest BCUT2D eigenvalue weighted by molar-refractivity contribution is 0.0520. The van der Waals surface area contributed by atoms with Crippen molar-refractivity contribution in [3.05, 3.63) is 53.9 Å². The van der Waals surface area contributed by atoms with Crippen molar-refractivity contribution in [2.75, 3.05) is 22.9 Å². The summed E-state index contributed by atoms with van der Waals surface area (Å²) in [5, 5.41) is 11.0. The van der Waals surface area contributed by atoms with Gasteiger partial charge in [0.2, 0.25) is 0 Å². The van der Waals surface area contributed by atoms with E-state index in [1.165, 1.54) is 0 Å². The van der Waals surface area contributed by atoms with Crippen molar-refractivity contribution >= 4 is 40.9 Å². The van der Waals surface area contributed by atoms with Crippen LogP contribution in [0.4, 0.5) is 21.9 Å². The second-order valence-electron chi connectivity index (χ2n) is 10.4. The van der Waals surface area contributed by atoms with Crippen LogP contribution in [0.3, 0.4) is 0 Å². The van der Waals surface area contributed by atoms with Crippen LogP contribution < -0.4 is 27.0 Å². The lowest BCUT2D eigenvalue weighted by Crippen LogP contribution is -2.43. The highest BCUT2D eigenvalue weighted by Gasteiger charge is 2.20. The number of carbonyl (C=O) groups is 4. The Morgan fingerprint density at radius 3 is 1.74 bits per heavy atom. The predicted octanol–water partition coefficient (Wildman–Crippen LogP) is 2.43. The van der Waals surface area contributed by atoms with E-state index in [1.54, 1.807) is 99.3 Å². The molecule has 3 rings (SSSR count). The third-order valence-electron chi connectivity index (χ3n) is 5.58. The van der Waals surface area contributed by atoms with Crippen LogP contribution in [-0.2, 0) is 25.9 Å². The zero-order chi connectivity index (χ0) is 29.1. The number of hydrogen-bond donors (Lipinski definition) is 5. The molecule has 13 nitrogen and oxygen atoms in total. The molecule has 0 aliphatic carbocycles. The number of nitrogens with zero attached hydrogens (tertiary/aromatic N) is 3. The number of alkyl carbamates (subject to hydrolysis) is 1. The fraction of sp³-hybridized carbons (Fsp3) is 0.385. The summed E-state index contributed by atoms with van der Waals surface area (Å²) in [4.78, 5) is 50.1. The fourth-order valence-corrected chi connectivity index (χ4v) is 3.82. The van der Waals surface area contributed by atoms with Crippen molar-refractivity contribution in [3.63, 3.8) is 0 Å². The molecule has 0 aliphatic rings. The summed E-state index contributed by atoms with van der Waals surface area (Å²) in [7, 11) is 5.08. The minimum atomic E-state index is -0.619. The normalized spacial score (nSPS) is 12.0. The molecule has 6 N–H and O–H groups in total. The number of nitrogens with one attached hydrogen (secondary N) is 4. The molecule has 0 saturated carbocycles. The highest BCUT2D eigenvalue weighted by atomic mass is 16.6. The monoisotopic (exact) mass is 540 g/mol. The average Bonchev–Trinajstić information content (AvgIpc) is 3.46. The third kappa shape index (κ3) is 7.66. The Morgan fingerprint density at radius 1 is 0.821 bits per heavy atom. The first-order chi connectivity index (χ1) is 18.1. The minimum absolute atomic E-state index is 0.179. The fourth-order valence-electron chi connectivity index (χ4n) is 3.82. The molecule has 1 atom stereocenters. The molecule has 0 saturated heterocycles. The number of hydrogen-bond acceptors (Lipinski definition) is 6. The average molecular weight is 541 g/mol. The molecular weight excluding hydrogens is 504 g/mol. The topological polar surface area (TPSA) is 166 Å². The van der Waals surface area contributed by atoms with Crippen LogP contribution in [0.5, 0.6) is 0 Å². The zero-order valence-electron chi connectivity index (χ0n) is 23.2. The minimum Gasteiger partial charge on any atom is -0.444 e. The van der Waals surface area contributed by atoms with Crippen LogP contribution in [0.2, 0.25) is 0 Å². The number of ether oxygens (including phenoxy) is 1. The van der Waals surface area contributed by atoms with Crippen LogP contribution in [0, 0.1) is 0 Å². The first kappa shape index (κ1) is 28.9. The Morgan fingerprint density at radius 2 is 1.28 bits per heavy atom. The molecule has 0 fully saturated rings. The van der Waals surface area contributed by atoms with Crippen LogP contribution in [0.25, 0.3) is 0 Å². The van der Waals surface area contributed by atoms with E-state index < -0.39 is 17.6 Å². The Labute approximate surface area is 226 Å². The summed E-state index contributed by atoms with van der Waals surface area (Å²) in [6.07, 6.45) is 4.30. The van der Waals surface area contributed by atoms with Crippen molar-refractivity contribution in [1.82, 2.24) is 24.3 Å². The summed E-state index contributed by atoms with van der Waals surface area (Å²) in [6.45, 7) is 7.22. The number of aromatic nitrogens is 3. The molecule has 1 unspecified atom stereocenters. The van der Waals surface area contributed by atoms with E-state index in [9.17, 15) is 19.2 Å². The van der Waals surface area contributed by atoms with Crippen molar-refractivity contribution < 1.29 is 23.9 Å². The van der Waals surface area contributed by atoms with Gasteiger partial charge in [-0.3, -0.25) is 14.4 Å². The van der Waals surface area contributed by atoms with Crippen molar-refractivity contribution in [2.24, 2.45) is 21.1 Å². The number of carbonyl (C=O) groups excluding carboxylic acids is 4. The van der Waals surface area contributed by atoms with E-state index in [2.05, 4.69) is 21.3 Å². The maximum atomic E-state index is 13.0. The van der Waals surface area contributed by atoms with Gasteiger partial charge in [-0.1, -0.05) is 0 Å². The molecule has 3 aromatic rings. The number of nitrogens with two attached hydrogens (primary N) is 1. The van der Waals surface area contributed by atoms with Gasteiger partial charge in [0, 0.05) is 52.3 Å². The first-order valence-corrected chi connectivity index (χ1v) is 12.3. The number of aryl methyl sites for hydroxylation is 3. The van der Waals surface area contributed by atoms with Crippen LogP contribution in [0.1, 0.15) is 59.2 Å². The molecule has 0 radical (unpaired) electrons. The smallest absolute Gasteiger partial charge is 0.407 e. The van der Waals surface area contributed by atoms with Gasteiger partial charge < -0.3 is 45.4 Å². The van der Waals surface area contributed by atoms with E-state index in [1.807, 2.05) is 0 Å². The maximum absolute atomic E-state index is 13.0. The van der Waals surface area contributed by atoms with Gasteiger partial charge in [0.25, 0.3) is 17.7 Å².